The molecule has 2 aromatic rings. The number of nitrogens with zero attached hydrogens (tertiary/aromatic N) is 2. The van der Waals surface area contributed by atoms with Crippen LogP contribution >= 0.6 is 0 Å². The standard InChI is InChI=1S/C14H14N2O2/c1-12(10-15-8-4-2-6-13(15)17)11-16-9-5-3-7-14(16)18/h2-9H,1,10-11H2. The third-order valence-corrected chi connectivity index (χ3v) is 2.59. The van der Waals surface area contributed by atoms with Crippen LogP contribution < -0.4 is 11.1 Å². The summed E-state index contributed by atoms with van der Waals surface area (Å²) < 4.78 is 3.13. The summed E-state index contributed by atoms with van der Waals surface area (Å²) in [5.74, 6) is 0. The molecule has 0 fully saturated rings. The first kappa shape index (κ1) is 12.1. The molecule has 0 radical (unpaired) electrons. The largest absolute Gasteiger partial charge is 0.311 e. The van der Waals surface area contributed by atoms with Crippen LogP contribution in [0.2, 0.25) is 0 Å². The van der Waals surface area contributed by atoms with Crippen molar-refractivity contribution >= 4 is 0 Å². The quantitative estimate of drug-likeness (QED) is 0.758. The Labute approximate surface area is 104 Å². The van der Waals surface area contributed by atoms with Crippen LogP contribution in [-0.4, -0.2) is 9.13 Å². The lowest BCUT2D eigenvalue weighted by Gasteiger charge is -2.10. The van der Waals surface area contributed by atoms with Crippen LogP contribution in [0.4, 0.5) is 0 Å². The molecular formula is C14H14N2O2. The fraction of sp³-hybridized carbons (Fsp3) is 0.143. The van der Waals surface area contributed by atoms with Crippen molar-refractivity contribution in [3.63, 3.8) is 0 Å². The second-order valence-corrected chi connectivity index (χ2v) is 4.08. The second kappa shape index (κ2) is 5.31. The maximum Gasteiger partial charge on any atom is 0.250 e. The van der Waals surface area contributed by atoms with Gasteiger partial charge in [-0.25, -0.2) is 0 Å². The first-order valence-electron chi connectivity index (χ1n) is 5.64. The van der Waals surface area contributed by atoms with Crippen molar-refractivity contribution < 1.29 is 0 Å². The van der Waals surface area contributed by atoms with Crippen molar-refractivity contribution in [1.29, 1.82) is 0 Å². The zero-order valence-corrected chi connectivity index (χ0v) is 9.95. The van der Waals surface area contributed by atoms with Gasteiger partial charge in [0.1, 0.15) is 0 Å². The highest BCUT2D eigenvalue weighted by atomic mass is 16.1. The van der Waals surface area contributed by atoms with Gasteiger partial charge in [0.05, 0.1) is 0 Å². The number of aromatic nitrogens is 2. The van der Waals surface area contributed by atoms with Crippen molar-refractivity contribution in [2.45, 2.75) is 13.1 Å². The van der Waals surface area contributed by atoms with Crippen molar-refractivity contribution in [1.82, 2.24) is 9.13 Å². The molecule has 0 aromatic carbocycles. The van der Waals surface area contributed by atoms with E-state index in [0.717, 1.165) is 5.57 Å². The van der Waals surface area contributed by atoms with E-state index in [1.165, 1.54) is 12.1 Å². The van der Waals surface area contributed by atoms with Gasteiger partial charge >= 0.3 is 0 Å². The van der Waals surface area contributed by atoms with Crippen molar-refractivity contribution in [3.05, 3.63) is 81.7 Å². The molecule has 4 nitrogen and oxygen atoms in total. The molecule has 0 saturated carbocycles. The summed E-state index contributed by atoms with van der Waals surface area (Å²) in [5.41, 5.74) is 0.662. The van der Waals surface area contributed by atoms with Crippen LogP contribution in [0.3, 0.4) is 0 Å². The fourth-order valence-electron chi connectivity index (χ4n) is 1.71. The Balaban J connectivity index is 2.11. The SMILES string of the molecule is C=C(Cn1ccccc1=O)Cn1ccccc1=O. The molecule has 0 aliphatic heterocycles. The number of pyridine rings is 2. The van der Waals surface area contributed by atoms with Gasteiger partial charge in [-0.3, -0.25) is 9.59 Å². The Morgan fingerprint density at radius 3 is 1.72 bits per heavy atom. The molecule has 0 atom stereocenters. The average Bonchev–Trinajstić information content (AvgIpc) is 2.35. The number of hydrogen-bond donors (Lipinski definition) is 0. The zero-order chi connectivity index (χ0) is 13.0. The molecule has 18 heavy (non-hydrogen) atoms. The van der Waals surface area contributed by atoms with E-state index in [9.17, 15) is 9.59 Å². The zero-order valence-electron chi connectivity index (χ0n) is 9.95. The van der Waals surface area contributed by atoms with E-state index < -0.39 is 0 Å². The maximum atomic E-state index is 11.5. The third-order valence-electron chi connectivity index (χ3n) is 2.59. The molecule has 0 aliphatic rings. The van der Waals surface area contributed by atoms with Crippen LogP contribution in [0.1, 0.15) is 0 Å². The Bertz CT molecular complexity index is 610. The minimum Gasteiger partial charge on any atom is -0.311 e. The van der Waals surface area contributed by atoms with E-state index in [2.05, 4.69) is 6.58 Å². The van der Waals surface area contributed by atoms with Gasteiger partial charge in [-0.15, -0.1) is 0 Å². The lowest BCUT2D eigenvalue weighted by molar-refractivity contribution is 0.661. The van der Waals surface area contributed by atoms with E-state index in [1.54, 1.807) is 45.8 Å². The lowest BCUT2D eigenvalue weighted by atomic mass is 10.3. The normalized spacial score (nSPS) is 10.2. The molecule has 4 heteroatoms. The van der Waals surface area contributed by atoms with Crippen LogP contribution in [0, 0.1) is 0 Å². The Morgan fingerprint density at radius 1 is 0.889 bits per heavy atom. The van der Waals surface area contributed by atoms with Crippen molar-refractivity contribution in [3.8, 4) is 0 Å². The summed E-state index contributed by atoms with van der Waals surface area (Å²) in [5, 5.41) is 0. The smallest absolute Gasteiger partial charge is 0.250 e. The molecule has 0 N–H and O–H groups in total. The Hall–Kier alpha value is -2.36. The van der Waals surface area contributed by atoms with Gasteiger partial charge in [-0.1, -0.05) is 18.7 Å². The maximum absolute atomic E-state index is 11.5. The minimum atomic E-state index is -0.0703. The minimum absolute atomic E-state index is 0.0703. The van der Waals surface area contributed by atoms with E-state index in [-0.39, 0.29) is 11.1 Å². The monoisotopic (exact) mass is 242 g/mol. The van der Waals surface area contributed by atoms with Gasteiger partial charge in [0.25, 0.3) is 11.1 Å². The molecule has 2 heterocycles. The van der Waals surface area contributed by atoms with Gasteiger partial charge < -0.3 is 9.13 Å². The third kappa shape index (κ3) is 2.85. The molecule has 2 rings (SSSR count). The van der Waals surface area contributed by atoms with E-state index in [0.29, 0.717) is 13.1 Å². The first-order chi connectivity index (χ1) is 8.66. The Morgan fingerprint density at radius 2 is 1.33 bits per heavy atom. The van der Waals surface area contributed by atoms with Crippen LogP contribution in [0.25, 0.3) is 0 Å². The number of hydrogen-bond acceptors (Lipinski definition) is 2. The average molecular weight is 242 g/mol. The highest BCUT2D eigenvalue weighted by molar-refractivity contribution is 5.02. The van der Waals surface area contributed by atoms with Gasteiger partial charge in [0.2, 0.25) is 0 Å². The molecule has 0 unspecified atom stereocenters. The predicted molar refractivity (Wildman–Crippen MR) is 70.5 cm³/mol. The molecule has 2 aromatic heterocycles. The summed E-state index contributed by atoms with van der Waals surface area (Å²) in [6, 6.07) is 9.99. The number of rotatable bonds is 4. The summed E-state index contributed by atoms with van der Waals surface area (Å²) in [6.07, 6.45) is 3.42. The summed E-state index contributed by atoms with van der Waals surface area (Å²) in [4.78, 5) is 23.1. The lowest BCUT2D eigenvalue weighted by Crippen LogP contribution is -2.23. The fourth-order valence-corrected chi connectivity index (χ4v) is 1.71. The first-order valence-corrected chi connectivity index (χ1v) is 5.64. The van der Waals surface area contributed by atoms with E-state index in [1.807, 2.05) is 0 Å². The predicted octanol–water partition coefficient (Wildman–Crippen LogP) is 1.27. The van der Waals surface area contributed by atoms with Gasteiger partial charge in [-0.05, 0) is 17.7 Å². The summed E-state index contributed by atoms with van der Waals surface area (Å²) in [6.45, 7) is 4.74. The van der Waals surface area contributed by atoms with Crippen molar-refractivity contribution in [2.24, 2.45) is 0 Å². The molecule has 0 bridgehead atoms. The number of allylic oxidation sites excluding steroid dienone is 1. The van der Waals surface area contributed by atoms with Crippen molar-refractivity contribution in [2.75, 3.05) is 0 Å². The molecule has 0 spiro atoms. The topological polar surface area (TPSA) is 44.0 Å². The summed E-state index contributed by atoms with van der Waals surface area (Å²) in [7, 11) is 0. The van der Waals surface area contributed by atoms with Gasteiger partial charge in [-0.2, -0.15) is 0 Å². The second-order valence-electron chi connectivity index (χ2n) is 4.08. The molecular weight excluding hydrogens is 228 g/mol. The molecule has 0 saturated heterocycles. The van der Waals surface area contributed by atoms with Crippen LogP contribution in [0.15, 0.2) is 70.5 Å². The van der Waals surface area contributed by atoms with Gasteiger partial charge in [0.15, 0.2) is 0 Å². The van der Waals surface area contributed by atoms with E-state index in [4.69, 9.17) is 0 Å². The van der Waals surface area contributed by atoms with Crippen LogP contribution in [-0.2, 0) is 13.1 Å². The van der Waals surface area contributed by atoms with E-state index >= 15 is 0 Å². The van der Waals surface area contributed by atoms with Crippen LogP contribution in [0.5, 0.6) is 0 Å². The Kier molecular flexibility index (Phi) is 3.57. The van der Waals surface area contributed by atoms with Gasteiger partial charge in [0, 0.05) is 37.6 Å². The highest BCUT2D eigenvalue weighted by Crippen LogP contribution is 1.98. The summed E-state index contributed by atoms with van der Waals surface area (Å²) >= 11 is 0. The molecule has 92 valence electrons. The molecule has 0 amide bonds. The highest BCUT2D eigenvalue weighted by Gasteiger charge is 2.00. The molecule has 0 aliphatic carbocycles.